The third-order valence-electron chi connectivity index (χ3n) is 4.08. The van der Waals surface area contributed by atoms with Crippen LogP contribution in [0.5, 0.6) is 0 Å². The van der Waals surface area contributed by atoms with Crippen LogP contribution in [0.1, 0.15) is 38.5 Å². The molecule has 0 aliphatic carbocycles. The Morgan fingerprint density at radius 1 is 0.944 bits per heavy atom. The minimum absolute atomic E-state index is 0.179. The lowest BCUT2D eigenvalue weighted by molar-refractivity contribution is 0.140. The fourth-order valence-corrected chi connectivity index (χ4v) is 2.84. The van der Waals surface area contributed by atoms with Gasteiger partial charge in [-0.1, -0.05) is 12.8 Å². The summed E-state index contributed by atoms with van der Waals surface area (Å²) in [6.45, 7) is 3.32. The van der Waals surface area contributed by atoms with Crippen molar-refractivity contribution in [3.05, 3.63) is 0 Å². The Bertz CT molecular complexity index is 302. The largest absolute Gasteiger partial charge is 0.387 e. The number of carbonyl (C=O) groups is 1. The van der Waals surface area contributed by atoms with Crippen molar-refractivity contribution in [2.75, 3.05) is 26.2 Å². The summed E-state index contributed by atoms with van der Waals surface area (Å²) < 4.78 is 0. The molecule has 18 heavy (non-hydrogen) atoms. The van der Waals surface area contributed by atoms with Crippen molar-refractivity contribution in [2.45, 2.75) is 38.5 Å². The molecule has 5 nitrogen and oxygen atoms in total. The molecule has 2 fully saturated rings. The van der Waals surface area contributed by atoms with Crippen LogP contribution in [-0.2, 0) is 0 Å². The molecule has 0 atom stereocenters. The van der Waals surface area contributed by atoms with Gasteiger partial charge in [-0.2, -0.15) is 0 Å². The van der Waals surface area contributed by atoms with Gasteiger partial charge in [-0.05, 0) is 25.7 Å². The zero-order chi connectivity index (χ0) is 13.0. The maximum Gasteiger partial charge on any atom is 0.319 e. The summed E-state index contributed by atoms with van der Waals surface area (Å²) in [7, 11) is 0. The molecule has 0 spiro atoms. The second-order valence-electron chi connectivity index (χ2n) is 5.40. The Balaban J connectivity index is 1.84. The molecule has 0 aromatic rings. The molecule has 5 heteroatoms. The maximum atomic E-state index is 12.3. The van der Waals surface area contributed by atoms with Crippen LogP contribution in [0.4, 0.5) is 4.79 Å². The van der Waals surface area contributed by atoms with E-state index in [1.165, 1.54) is 12.8 Å². The Kier molecular flexibility index (Phi) is 4.44. The lowest BCUT2D eigenvalue weighted by Gasteiger charge is -2.35. The topological polar surface area (TPSA) is 73.4 Å². The van der Waals surface area contributed by atoms with Gasteiger partial charge in [-0.15, -0.1) is 0 Å². The average Bonchev–Trinajstić information content (AvgIpc) is 2.67. The molecule has 2 aliphatic rings. The van der Waals surface area contributed by atoms with Crippen LogP contribution >= 0.6 is 0 Å². The van der Waals surface area contributed by atoms with E-state index < -0.39 is 0 Å². The van der Waals surface area contributed by atoms with Crippen LogP contribution in [0, 0.1) is 11.3 Å². The molecule has 0 unspecified atom stereocenters. The Labute approximate surface area is 109 Å². The van der Waals surface area contributed by atoms with Crippen molar-refractivity contribution in [2.24, 2.45) is 11.7 Å². The van der Waals surface area contributed by atoms with E-state index in [1.807, 2.05) is 9.80 Å². The van der Waals surface area contributed by atoms with Gasteiger partial charge >= 0.3 is 6.03 Å². The first-order valence-electron chi connectivity index (χ1n) is 7.06. The van der Waals surface area contributed by atoms with Gasteiger partial charge in [0.15, 0.2) is 0 Å². The monoisotopic (exact) mass is 252 g/mol. The minimum Gasteiger partial charge on any atom is -0.387 e. The van der Waals surface area contributed by atoms with Crippen LogP contribution in [0.2, 0.25) is 0 Å². The number of amides is 2. The van der Waals surface area contributed by atoms with Crippen LogP contribution in [-0.4, -0.2) is 47.8 Å². The van der Waals surface area contributed by atoms with Crippen molar-refractivity contribution in [1.82, 2.24) is 9.80 Å². The molecule has 0 bridgehead atoms. The number of nitrogens with two attached hydrogens (primary N) is 1. The van der Waals surface area contributed by atoms with E-state index in [0.717, 1.165) is 51.9 Å². The number of piperidine rings is 1. The summed E-state index contributed by atoms with van der Waals surface area (Å²) >= 11 is 0. The highest BCUT2D eigenvalue weighted by Crippen LogP contribution is 2.19. The first kappa shape index (κ1) is 13.2. The number of nitrogens with one attached hydrogen (secondary N) is 1. The SMILES string of the molecule is N=C(N)C1CCN(C(=O)N2CCCCCC2)CC1. The van der Waals surface area contributed by atoms with E-state index in [0.29, 0.717) is 0 Å². The fourth-order valence-electron chi connectivity index (χ4n) is 2.84. The maximum absolute atomic E-state index is 12.3. The third kappa shape index (κ3) is 3.15. The summed E-state index contributed by atoms with van der Waals surface area (Å²) in [5, 5.41) is 7.45. The van der Waals surface area contributed by atoms with E-state index in [2.05, 4.69) is 0 Å². The van der Waals surface area contributed by atoms with Crippen molar-refractivity contribution in [1.29, 1.82) is 5.41 Å². The van der Waals surface area contributed by atoms with E-state index in [-0.39, 0.29) is 17.8 Å². The highest BCUT2D eigenvalue weighted by atomic mass is 16.2. The molecular formula is C13H24N4O. The summed E-state index contributed by atoms with van der Waals surface area (Å²) in [6.07, 6.45) is 6.45. The van der Waals surface area contributed by atoms with E-state index in [9.17, 15) is 4.79 Å². The van der Waals surface area contributed by atoms with Crippen LogP contribution < -0.4 is 5.73 Å². The lowest BCUT2D eigenvalue weighted by atomic mass is 9.96. The quantitative estimate of drug-likeness (QED) is 0.550. The van der Waals surface area contributed by atoms with Crippen molar-refractivity contribution < 1.29 is 4.79 Å². The van der Waals surface area contributed by atoms with Gasteiger partial charge in [0.1, 0.15) is 0 Å². The number of carbonyl (C=O) groups excluding carboxylic acids is 1. The predicted molar refractivity (Wildman–Crippen MR) is 71.6 cm³/mol. The molecule has 2 aliphatic heterocycles. The molecule has 0 saturated carbocycles. The first-order chi connectivity index (χ1) is 8.68. The van der Waals surface area contributed by atoms with E-state index in [4.69, 9.17) is 11.1 Å². The molecular weight excluding hydrogens is 228 g/mol. The van der Waals surface area contributed by atoms with Crippen LogP contribution in [0.3, 0.4) is 0 Å². The standard InChI is InChI=1S/C13H24N4O/c14-12(15)11-5-9-17(10-6-11)13(18)16-7-3-1-2-4-8-16/h11H,1-10H2,(H3,14,15). The van der Waals surface area contributed by atoms with Gasteiger partial charge in [0.25, 0.3) is 0 Å². The Hall–Kier alpha value is -1.26. The number of likely N-dealkylation sites (tertiary alicyclic amines) is 2. The molecule has 0 aromatic heterocycles. The smallest absolute Gasteiger partial charge is 0.319 e. The highest BCUT2D eigenvalue weighted by Gasteiger charge is 2.27. The Morgan fingerprint density at radius 2 is 1.44 bits per heavy atom. The van der Waals surface area contributed by atoms with Gasteiger partial charge in [-0.25, -0.2) is 4.79 Å². The summed E-state index contributed by atoms with van der Waals surface area (Å²) in [6, 6.07) is 0.193. The zero-order valence-electron chi connectivity index (χ0n) is 11.0. The molecule has 102 valence electrons. The lowest BCUT2D eigenvalue weighted by Crippen LogP contribution is -2.48. The van der Waals surface area contributed by atoms with Gasteiger partial charge in [0.05, 0.1) is 5.84 Å². The third-order valence-corrected chi connectivity index (χ3v) is 4.08. The van der Waals surface area contributed by atoms with Gasteiger partial charge in [0, 0.05) is 32.1 Å². The van der Waals surface area contributed by atoms with E-state index >= 15 is 0 Å². The van der Waals surface area contributed by atoms with Gasteiger partial charge in [0.2, 0.25) is 0 Å². The highest BCUT2D eigenvalue weighted by molar-refractivity contribution is 5.80. The second kappa shape index (κ2) is 6.07. The first-order valence-corrected chi connectivity index (χ1v) is 7.06. The fraction of sp³-hybridized carbons (Fsp3) is 0.846. The molecule has 2 rings (SSSR count). The summed E-state index contributed by atoms with van der Waals surface area (Å²) in [5.41, 5.74) is 5.52. The van der Waals surface area contributed by atoms with Crippen LogP contribution in [0.15, 0.2) is 0 Å². The van der Waals surface area contributed by atoms with E-state index in [1.54, 1.807) is 0 Å². The summed E-state index contributed by atoms with van der Waals surface area (Å²) in [5.74, 6) is 0.454. The number of nitrogens with zero attached hydrogens (tertiary/aromatic N) is 2. The minimum atomic E-state index is 0.179. The number of hydrogen-bond acceptors (Lipinski definition) is 2. The number of amidine groups is 1. The normalized spacial score (nSPS) is 22.7. The number of hydrogen-bond donors (Lipinski definition) is 2. The average molecular weight is 252 g/mol. The predicted octanol–water partition coefficient (Wildman–Crippen LogP) is 1.63. The van der Waals surface area contributed by atoms with Crippen molar-refractivity contribution >= 4 is 11.9 Å². The van der Waals surface area contributed by atoms with Crippen molar-refractivity contribution in [3.8, 4) is 0 Å². The Morgan fingerprint density at radius 3 is 1.94 bits per heavy atom. The summed E-state index contributed by atoms with van der Waals surface area (Å²) in [4.78, 5) is 16.3. The number of urea groups is 1. The molecule has 0 radical (unpaired) electrons. The molecule has 2 saturated heterocycles. The zero-order valence-corrected chi connectivity index (χ0v) is 11.0. The second-order valence-corrected chi connectivity index (χ2v) is 5.40. The van der Waals surface area contributed by atoms with Gasteiger partial charge < -0.3 is 15.5 Å². The molecule has 2 amide bonds. The molecule has 2 heterocycles. The van der Waals surface area contributed by atoms with Crippen LogP contribution in [0.25, 0.3) is 0 Å². The van der Waals surface area contributed by atoms with Crippen molar-refractivity contribution in [3.63, 3.8) is 0 Å². The molecule has 3 N–H and O–H groups in total. The van der Waals surface area contributed by atoms with Gasteiger partial charge in [-0.3, -0.25) is 5.41 Å². The number of rotatable bonds is 1. The molecule has 0 aromatic carbocycles.